The topological polar surface area (TPSA) is 0 Å². The van der Waals surface area contributed by atoms with Crippen molar-refractivity contribution in [2.24, 2.45) is 0 Å². The van der Waals surface area contributed by atoms with Gasteiger partial charge >= 0.3 is 0 Å². The van der Waals surface area contributed by atoms with Gasteiger partial charge in [-0.1, -0.05) is 45.8 Å². The third kappa shape index (κ3) is 3.20. The molecular formula is C15H17BrS. The van der Waals surface area contributed by atoms with Crippen LogP contribution in [0.1, 0.15) is 31.3 Å². The Labute approximate surface area is 116 Å². The van der Waals surface area contributed by atoms with Crippen molar-refractivity contribution in [2.45, 2.75) is 32.0 Å². The van der Waals surface area contributed by atoms with Crippen LogP contribution in [-0.2, 0) is 6.42 Å². The van der Waals surface area contributed by atoms with Crippen LogP contribution in [-0.4, -0.2) is 0 Å². The van der Waals surface area contributed by atoms with E-state index in [2.05, 4.69) is 67.0 Å². The van der Waals surface area contributed by atoms with E-state index in [-0.39, 0.29) is 0 Å². The first-order valence-electron chi connectivity index (χ1n) is 5.83. The number of rotatable bonds is 3. The van der Waals surface area contributed by atoms with Gasteiger partial charge < -0.3 is 0 Å². The molecule has 1 aromatic carbocycles. The SMILES string of the molecule is Cc1cccc(CC(Br)c2cc(C)sc2C)c1. The zero-order valence-corrected chi connectivity index (χ0v) is 12.9. The minimum absolute atomic E-state index is 0.425. The summed E-state index contributed by atoms with van der Waals surface area (Å²) in [6, 6.07) is 11.1. The van der Waals surface area contributed by atoms with Crippen LogP contribution in [0.3, 0.4) is 0 Å². The summed E-state index contributed by atoms with van der Waals surface area (Å²) in [5, 5.41) is 0. The summed E-state index contributed by atoms with van der Waals surface area (Å²) in [6.07, 6.45) is 1.05. The van der Waals surface area contributed by atoms with Gasteiger partial charge in [-0.25, -0.2) is 0 Å². The van der Waals surface area contributed by atoms with E-state index >= 15 is 0 Å². The zero-order chi connectivity index (χ0) is 12.4. The Morgan fingerprint density at radius 1 is 1.18 bits per heavy atom. The summed E-state index contributed by atoms with van der Waals surface area (Å²) < 4.78 is 0. The van der Waals surface area contributed by atoms with Gasteiger partial charge in [-0.05, 0) is 44.4 Å². The first kappa shape index (κ1) is 12.8. The van der Waals surface area contributed by atoms with Gasteiger partial charge in [-0.15, -0.1) is 11.3 Å². The number of alkyl halides is 1. The molecule has 1 atom stereocenters. The van der Waals surface area contributed by atoms with Gasteiger partial charge in [-0.2, -0.15) is 0 Å². The van der Waals surface area contributed by atoms with E-state index in [4.69, 9.17) is 0 Å². The summed E-state index contributed by atoms with van der Waals surface area (Å²) in [4.78, 5) is 3.25. The number of halogens is 1. The molecule has 2 aromatic rings. The van der Waals surface area contributed by atoms with Crippen molar-refractivity contribution in [3.8, 4) is 0 Å². The second-order valence-corrected chi connectivity index (χ2v) is 7.10. The Hall–Kier alpha value is -0.600. The number of benzene rings is 1. The molecule has 90 valence electrons. The monoisotopic (exact) mass is 308 g/mol. The fraction of sp³-hybridized carbons (Fsp3) is 0.333. The van der Waals surface area contributed by atoms with Crippen LogP contribution < -0.4 is 0 Å². The van der Waals surface area contributed by atoms with Crippen molar-refractivity contribution in [1.29, 1.82) is 0 Å². The van der Waals surface area contributed by atoms with E-state index in [1.165, 1.54) is 26.4 Å². The van der Waals surface area contributed by atoms with E-state index in [0.717, 1.165) is 6.42 Å². The highest BCUT2D eigenvalue weighted by atomic mass is 79.9. The maximum absolute atomic E-state index is 3.82. The molecule has 17 heavy (non-hydrogen) atoms. The summed E-state index contributed by atoms with van der Waals surface area (Å²) >= 11 is 5.70. The summed E-state index contributed by atoms with van der Waals surface area (Å²) in [6.45, 7) is 6.53. The van der Waals surface area contributed by atoms with Gasteiger partial charge in [0.1, 0.15) is 0 Å². The van der Waals surface area contributed by atoms with Gasteiger partial charge in [0.05, 0.1) is 0 Å². The van der Waals surface area contributed by atoms with E-state index in [0.29, 0.717) is 4.83 Å². The van der Waals surface area contributed by atoms with E-state index in [1.807, 2.05) is 11.3 Å². The highest BCUT2D eigenvalue weighted by Crippen LogP contribution is 2.34. The van der Waals surface area contributed by atoms with Crippen LogP contribution in [0.4, 0.5) is 0 Å². The van der Waals surface area contributed by atoms with Gasteiger partial charge in [0.25, 0.3) is 0 Å². The number of thiophene rings is 1. The minimum atomic E-state index is 0.425. The van der Waals surface area contributed by atoms with E-state index in [1.54, 1.807) is 0 Å². The molecule has 2 rings (SSSR count). The van der Waals surface area contributed by atoms with Crippen LogP contribution in [0.5, 0.6) is 0 Å². The van der Waals surface area contributed by atoms with E-state index < -0.39 is 0 Å². The smallest absolute Gasteiger partial charge is 0.0446 e. The van der Waals surface area contributed by atoms with Crippen molar-refractivity contribution < 1.29 is 0 Å². The predicted molar refractivity (Wildman–Crippen MR) is 80.3 cm³/mol. The van der Waals surface area contributed by atoms with Crippen LogP contribution >= 0.6 is 27.3 Å². The second-order valence-electron chi connectivity index (χ2n) is 4.53. The Morgan fingerprint density at radius 3 is 2.53 bits per heavy atom. The molecule has 0 aliphatic rings. The molecule has 0 saturated carbocycles. The zero-order valence-electron chi connectivity index (χ0n) is 10.5. The highest BCUT2D eigenvalue weighted by molar-refractivity contribution is 9.09. The maximum Gasteiger partial charge on any atom is 0.0446 e. The fourth-order valence-electron chi connectivity index (χ4n) is 2.12. The standard InChI is InChI=1S/C15H17BrS/c1-10-5-4-6-13(7-10)9-15(16)14-8-11(2)17-12(14)3/h4-8,15H,9H2,1-3H3. The van der Waals surface area contributed by atoms with Gasteiger partial charge in [0.15, 0.2) is 0 Å². The molecule has 0 spiro atoms. The van der Waals surface area contributed by atoms with Crippen LogP contribution in [0.25, 0.3) is 0 Å². The van der Waals surface area contributed by atoms with Crippen LogP contribution in [0.2, 0.25) is 0 Å². The number of hydrogen-bond donors (Lipinski definition) is 0. The lowest BCUT2D eigenvalue weighted by Crippen LogP contribution is -1.95. The molecule has 0 amide bonds. The molecule has 2 heteroatoms. The third-order valence-corrected chi connectivity index (χ3v) is 4.71. The van der Waals surface area contributed by atoms with Crippen molar-refractivity contribution in [3.63, 3.8) is 0 Å². The molecule has 0 bridgehead atoms. The summed E-state index contributed by atoms with van der Waals surface area (Å²) in [7, 11) is 0. The minimum Gasteiger partial charge on any atom is -0.146 e. The van der Waals surface area contributed by atoms with Crippen molar-refractivity contribution in [3.05, 3.63) is 56.8 Å². The molecule has 0 aliphatic heterocycles. The number of hydrogen-bond acceptors (Lipinski definition) is 1. The summed E-state index contributed by atoms with van der Waals surface area (Å²) in [5.74, 6) is 0. The first-order chi connectivity index (χ1) is 8.06. The van der Waals surface area contributed by atoms with Gasteiger partial charge in [0, 0.05) is 14.6 Å². The molecule has 0 radical (unpaired) electrons. The Morgan fingerprint density at radius 2 is 1.94 bits per heavy atom. The normalized spacial score (nSPS) is 12.7. The van der Waals surface area contributed by atoms with Crippen LogP contribution in [0, 0.1) is 20.8 Å². The largest absolute Gasteiger partial charge is 0.146 e. The van der Waals surface area contributed by atoms with Crippen molar-refractivity contribution in [2.75, 3.05) is 0 Å². The highest BCUT2D eigenvalue weighted by Gasteiger charge is 2.13. The molecule has 1 aromatic heterocycles. The Kier molecular flexibility index (Phi) is 4.05. The quantitative estimate of drug-likeness (QED) is 0.670. The fourth-order valence-corrected chi connectivity index (χ4v) is 4.11. The van der Waals surface area contributed by atoms with Crippen LogP contribution in [0.15, 0.2) is 30.3 Å². The Bertz CT molecular complexity index is 513. The Balaban J connectivity index is 2.16. The molecule has 1 unspecified atom stereocenters. The second kappa shape index (κ2) is 5.36. The molecule has 0 nitrogen and oxygen atoms in total. The molecular weight excluding hydrogens is 292 g/mol. The molecule has 0 aliphatic carbocycles. The van der Waals surface area contributed by atoms with Crippen molar-refractivity contribution >= 4 is 27.3 Å². The van der Waals surface area contributed by atoms with E-state index in [9.17, 15) is 0 Å². The first-order valence-corrected chi connectivity index (χ1v) is 7.56. The predicted octanol–water partition coefficient (Wildman–Crippen LogP) is 5.35. The molecule has 1 heterocycles. The average Bonchev–Trinajstić information content (AvgIpc) is 2.58. The maximum atomic E-state index is 3.82. The molecule has 0 N–H and O–H groups in total. The van der Waals surface area contributed by atoms with Gasteiger partial charge in [-0.3, -0.25) is 0 Å². The third-order valence-electron chi connectivity index (χ3n) is 2.91. The molecule has 0 saturated heterocycles. The lowest BCUT2D eigenvalue weighted by atomic mass is 10.0. The molecule has 0 fully saturated rings. The lowest BCUT2D eigenvalue weighted by Gasteiger charge is -2.10. The average molecular weight is 309 g/mol. The van der Waals surface area contributed by atoms with Crippen molar-refractivity contribution in [1.82, 2.24) is 0 Å². The summed E-state index contributed by atoms with van der Waals surface area (Å²) in [5.41, 5.74) is 4.17. The number of aryl methyl sites for hydroxylation is 3. The lowest BCUT2D eigenvalue weighted by molar-refractivity contribution is 0.944. The van der Waals surface area contributed by atoms with Gasteiger partial charge in [0.2, 0.25) is 0 Å².